The van der Waals surface area contributed by atoms with Gasteiger partial charge in [-0.05, 0) is 29.7 Å². The van der Waals surface area contributed by atoms with Crippen LogP contribution in [0.25, 0.3) is 10.8 Å². The van der Waals surface area contributed by atoms with Crippen molar-refractivity contribution in [1.29, 1.82) is 0 Å². The SMILES string of the molecule is O=C(CSc1cccc2cccc(Cl)c12)N1CCN(c2ccccc2O)CC1. The number of phenols is 1. The number of aromatic hydroxyl groups is 1. The average molecular weight is 413 g/mol. The Morgan fingerprint density at radius 3 is 2.43 bits per heavy atom. The van der Waals surface area contributed by atoms with E-state index in [9.17, 15) is 9.90 Å². The second kappa shape index (κ2) is 8.33. The average Bonchev–Trinajstić information content (AvgIpc) is 2.72. The molecule has 0 atom stereocenters. The van der Waals surface area contributed by atoms with E-state index in [2.05, 4.69) is 4.90 Å². The maximum atomic E-state index is 12.7. The lowest BCUT2D eigenvalue weighted by Crippen LogP contribution is -2.49. The van der Waals surface area contributed by atoms with Gasteiger partial charge in [0.25, 0.3) is 0 Å². The van der Waals surface area contributed by atoms with Gasteiger partial charge in [-0.25, -0.2) is 0 Å². The molecule has 0 aliphatic carbocycles. The number of nitrogens with zero attached hydrogens (tertiary/aromatic N) is 2. The van der Waals surface area contributed by atoms with Crippen LogP contribution in [0.4, 0.5) is 5.69 Å². The van der Waals surface area contributed by atoms with Gasteiger partial charge in [-0.2, -0.15) is 0 Å². The molecule has 1 aliphatic heterocycles. The maximum absolute atomic E-state index is 12.7. The Morgan fingerprint density at radius 2 is 1.68 bits per heavy atom. The summed E-state index contributed by atoms with van der Waals surface area (Å²) in [5.41, 5.74) is 0.828. The molecule has 1 fully saturated rings. The molecular formula is C22H21ClN2O2S. The van der Waals surface area contributed by atoms with Gasteiger partial charge in [0.2, 0.25) is 5.91 Å². The fourth-order valence-electron chi connectivity index (χ4n) is 3.54. The molecule has 0 radical (unpaired) electrons. The number of hydrogen-bond donors (Lipinski definition) is 1. The van der Waals surface area contributed by atoms with Gasteiger partial charge in [-0.3, -0.25) is 4.79 Å². The number of para-hydroxylation sites is 2. The van der Waals surface area contributed by atoms with Crippen molar-refractivity contribution >= 4 is 45.7 Å². The number of halogens is 1. The Bertz CT molecular complexity index is 997. The van der Waals surface area contributed by atoms with Gasteiger partial charge in [0.15, 0.2) is 0 Å². The monoisotopic (exact) mass is 412 g/mol. The van der Waals surface area contributed by atoms with Crippen molar-refractivity contribution in [3.63, 3.8) is 0 Å². The number of amides is 1. The highest BCUT2D eigenvalue weighted by molar-refractivity contribution is 8.00. The molecule has 1 saturated heterocycles. The number of rotatable bonds is 4. The van der Waals surface area contributed by atoms with Gasteiger partial charge in [0, 0.05) is 41.5 Å². The standard InChI is InChI=1S/C22H21ClN2O2S/c23-17-7-3-5-16-6-4-10-20(22(16)17)28-15-21(27)25-13-11-24(12-14-25)18-8-1-2-9-19(18)26/h1-10,26H,11-15H2. The molecule has 0 spiro atoms. The molecule has 0 unspecified atom stereocenters. The van der Waals surface area contributed by atoms with E-state index in [0.29, 0.717) is 37.0 Å². The number of fused-ring (bicyclic) bond motifs is 1. The van der Waals surface area contributed by atoms with Gasteiger partial charge in [-0.15, -0.1) is 11.8 Å². The Morgan fingerprint density at radius 1 is 0.964 bits per heavy atom. The molecule has 0 aromatic heterocycles. The summed E-state index contributed by atoms with van der Waals surface area (Å²) < 4.78 is 0. The molecule has 0 bridgehead atoms. The Balaban J connectivity index is 1.38. The van der Waals surface area contributed by atoms with Crippen LogP contribution in [0.1, 0.15) is 0 Å². The zero-order valence-corrected chi connectivity index (χ0v) is 16.9. The Hall–Kier alpha value is -2.37. The third kappa shape index (κ3) is 3.91. The van der Waals surface area contributed by atoms with Crippen LogP contribution in [0.5, 0.6) is 5.75 Å². The first-order valence-electron chi connectivity index (χ1n) is 9.24. The quantitative estimate of drug-likeness (QED) is 0.634. The van der Waals surface area contributed by atoms with Gasteiger partial charge in [0.05, 0.1) is 11.4 Å². The Labute approximate surface area is 173 Å². The Kier molecular flexibility index (Phi) is 5.64. The molecular weight excluding hydrogens is 392 g/mol. The summed E-state index contributed by atoms with van der Waals surface area (Å²) in [6.45, 7) is 2.75. The highest BCUT2D eigenvalue weighted by Gasteiger charge is 2.22. The lowest BCUT2D eigenvalue weighted by atomic mass is 10.1. The van der Waals surface area contributed by atoms with Crippen LogP contribution in [-0.4, -0.2) is 47.8 Å². The summed E-state index contributed by atoms with van der Waals surface area (Å²) in [6, 6.07) is 19.2. The molecule has 1 aliphatic rings. The molecule has 1 amide bonds. The minimum absolute atomic E-state index is 0.131. The summed E-state index contributed by atoms with van der Waals surface area (Å²) >= 11 is 7.91. The number of phenolic OH excluding ortho intramolecular Hbond substituents is 1. The minimum Gasteiger partial charge on any atom is -0.506 e. The predicted molar refractivity (Wildman–Crippen MR) is 117 cm³/mol. The number of piperazine rings is 1. The van der Waals surface area contributed by atoms with Crippen LogP contribution in [0.3, 0.4) is 0 Å². The molecule has 144 valence electrons. The van der Waals surface area contributed by atoms with E-state index in [4.69, 9.17) is 11.6 Å². The zero-order chi connectivity index (χ0) is 19.5. The number of hydrogen-bond acceptors (Lipinski definition) is 4. The van der Waals surface area contributed by atoms with Gasteiger partial charge >= 0.3 is 0 Å². The zero-order valence-electron chi connectivity index (χ0n) is 15.3. The van der Waals surface area contributed by atoms with E-state index in [-0.39, 0.29) is 11.7 Å². The lowest BCUT2D eigenvalue weighted by Gasteiger charge is -2.36. The predicted octanol–water partition coefficient (Wildman–Crippen LogP) is 4.64. The van der Waals surface area contributed by atoms with Crippen molar-refractivity contribution in [2.24, 2.45) is 0 Å². The maximum Gasteiger partial charge on any atom is 0.233 e. The summed E-state index contributed by atoms with van der Waals surface area (Å²) in [5.74, 6) is 0.803. The van der Waals surface area contributed by atoms with Crippen molar-refractivity contribution in [3.05, 3.63) is 65.7 Å². The second-order valence-electron chi connectivity index (χ2n) is 6.74. The largest absolute Gasteiger partial charge is 0.506 e. The summed E-state index contributed by atoms with van der Waals surface area (Å²) in [5, 5.41) is 12.8. The third-order valence-electron chi connectivity index (χ3n) is 5.02. The van der Waals surface area contributed by atoms with Crippen LogP contribution in [0.15, 0.2) is 65.6 Å². The third-order valence-corrected chi connectivity index (χ3v) is 6.38. The molecule has 0 saturated carbocycles. The molecule has 6 heteroatoms. The van der Waals surface area contributed by atoms with Gasteiger partial charge in [-0.1, -0.05) is 48.0 Å². The fraction of sp³-hybridized carbons (Fsp3) is 0.227. The summed E-state index contributed by atoms with van der Waals surface area (Å²) in [6.07, 6.45) is 0. The van der Waals surface area contributed by atoms with Crippen LogP contribution in [0.2, 0.25) is 5.02 Å². The molecule has 28 heavy (non-hydrogen) atoms. The molecule has 1 heterocycles. The van der Waals surface area contributed by atoms with E-state index < -0.39 is 0 Å². The van der Waals surface area contributed by atoms with Crippen molar-refractivity contribution < 1.29 is 9.90 Å². The number of carbonyl (C=O) groups excluding carboxylic acids is 1. The lowest BCUT2D eigenvalue weighted by molar-refractivity contribution is -0.128. The van der Waals surface area contributed by atoms with Crippen LogP contribution >= 0.6 is 23.4 Å². The minimum atomic E-state index is 0.131. The van der Waals surface area contributed by atoms with E-state index in [1.54, 1.807) is 6.07 Å². The molecule has 3 aromatic rings. The molecule has 4 rings (SSSR count). The summed E-state index contributed by atoms with van der Waals surface area (Å²) in [7, 11) is 0. The second-order valence-corrected chi connectivity index (χ2v) is 8.16. The topological polar surface area (TPSA) is 43.8 Å². The van der Waals surface area contributed by atoms with Crippen molar-refractivity contribution in [1.82, 2.24) is 4.90 Å². The molecule has 1 N–H and O–H groups in total. The first-order valence-corrected chi connectivity index (χ1v) is 10.6. The van der Waals surface area contributed by atoms with Crippen molar-refractivity contribution in [3.8, 4) is 5.75 Å². The van der Waals surface area contributed by atoms with Crippen LogP contribution in [-0.2, 0) is 4.79 Å². The van der Waals surface area contributed by atoms with Gasteiger partial charge < -0.3 is 14.9 Å². The van der Waals surface area contributed by atoms with Crippen molar-refractivity contribution in [2.75, 3.05) is 36.8 Å². The van der Waals surface area contributed by atoms with E-state index in [1.165, 1.54) is 11.8 Å². The number of anilines is 1. The fourth-order valence-corrected chi connectivity index (χ4v) is 4.89. The molecule has 3 aromatic carbocycles. The van der Waals surface area contributed by atoms with Crippen LogP contribution in [0, 0.1) is 0 Å². The highest BCUT2D eigenvalue weighted by Crippen LogP contribution is 2.33. The summed E-state index contributed by atoms with van der Waals surface area (Å²) in [4.78, 5) is 17.8. The van der Waals surface area contributed by atoms with Crippen LogP contribution < -0.4 is 4.90 Å². The molecule has 4 nitrogen and oxygen atoms in total. The normalized spacial score (nSPS) is 14.5. The first-order chi connectivity index (χ1) is 13.6. The van der Waals surface area contributed by atoms with Gasteiger partial charge in [0.1, 0.15) is 5.75 Å². The highest BCUT2D eigenvalue weighted by atomic mass is 35.5. The van der Waals surface area contributed by atoms with E-state index >= 15 is 0 Å². The van der Waals surface area contributed by atoms with E-state index in [1.807, 2.05) is 59.5 Å². The number of carbonyl (C=O) groups is 1. The smallest absolute Gasteiger partial charge is 0.233 e. The van der Waals surface area contributed by atoms with E-state index in [0.717, 1.165) is 21.4 Å². The number of thioether (sulfide) groups is 1. The number of benzene rings is 3. The first kappa shape index (κ1) is 19.0. The van der Waals surface area contributed by atoms with Crippen molar-refractivity contribution in [2.45, 2.75) is 4.90 Å².